The highest BCUT2D eigenvalue weighted by molar-refractivity contribution is 14.1. The van der Waals surface area contributed by atoms with Crippen molar-refractivity contribution < 1.29 is 4.79 Å². The van der Waals surface area contributed by atoms with Crippen LogP contribution in [-0.2, 0) is 0 Å². The van der Waals surface area contributed by atoms with E-state index in [-0.39, 0.29) is 11.3 Å². The van der Waals surface area contributed by atoms with Crippen LogP contribution in [0.5, 0.6) is 0 Å². The summed E-state index contributed by atoms with van der Waals surface area (Å²) in [7, 11) is 0. The predicted octanol–water partition coefficient (Wildman–Crippen LogP) is 3.50. The highest BCUT2D eigenvalue weighted by atomic mass is 127. The van der Waals surface area contributed by atoms with Crippen molar-refractivity contribution in [1.29, 1.82) is 0 Å². The zero-order valence-electron chi connectivity index (χ0n) is 11.5. The first-order chi connectivity index (χ1) is 8.80. The summed E-state index contributed by atoms with van der Waals surface area (Å²) in [6.07, 6.45) is 0. The molecule has 19 heavy (non-hydrogen) atoms. The summed E-state index contributed by atoms with van der Waals surface area (Å²) < 4.78 is 1.89. The van der Waals surface area contributed by atoms with Crippen molar-refractivity contribution in [2.24, 2.45) is 11.1 Å². The Morgan fingerprint density at radius 1 is 1.47 bits per heavy atom. The Morgan fingerprint density at radius 2 is 2.11 bits per heavy atom. The molecule has 0 saturated carbocycles. The number of amides is 1. The van der Waals surface area contributed by atoms with Gasteiger partial charge in [-0.25, -0.2) is 0 Å². The minimum Gasteiger partial charge on any atom is -0.338 e. The van der Waals surface area contributed by atoms with Crippen molar-refractivity contribution in [3.05, 3.63) is 31.8 Å². The summed E-state index contributed by atoms with van der Waals surface area (Å²) in [5.41, 5.74) is 6.39. The highest BCUT2D eigenvalue weighted by Crippen LogP contribution is 2.23. The number of nitrogens with zero attached hydrogens (tertiary/aromatic N) is 1. The van der Waals surface area contributed by atoms with Gasteiger partial charge in [-0.1, -0.05) is 13.8 Å². The average Bonchev–Trinajstić information content (AvgIpc) is 2.38. The summed E-state index contributed by atoms with van der Waals surface area (Å²) in [5.74, 6) is 0.0504. The minimum absolute atomic E-state index is 0.0504. The Labute approximate surface area is 137 Å². The van der Waals surface area contributed by atoms with E-state index < -0.39 is 0 Å². The molecule has 0 spiro atoms. The number of rotatable bonds is 5. The van der Waals surface area contributed by atoms with Gasteiger partial charge >= 0.3 is 0 Å². The third-order valence-corrected chi connectivity index (χ3v) is 4.36. The van der Waals surface area contributed by atoms with Crippen molar-refractivity contribution in [2.45, 2.75) is 20.8 Å². The van der Waals surface area contributed by atoms with Crippen LogP contribution in [0, 0.1) is 8.99 Å². The Hall–Kier alpha value is -0.140. The van der Waals surface area contributed by atoms with Crippen molar-refractivity contribution >= 4 is 44.4 Å². The smallest absolute Gasteiger partial charge is 0.255 e. The Balaban J connectivity index is 2.99. The zero-order chi connectivity index (χ0) is 14.6. The summed E-state index contributed by atoms with van der Waals surface area (Å²) in [6.45, 7) is 8.05. The van der Waals surface area contributed by atoms with Gasteiger partial charge in [-0.05, 0) is 75.6 Å². The second-order valence-corrected chi connectivity index (χ2v) is 7.41. The van der Waals surface area contributed by atoms with Gasteiger partial charge in [0.25, 0.3) is 5.91 Å². The topological polar surface area (TPSA) is 46.3 Å². The third-order valence-electron chi connectivity index (χ3n) is 3.00. The van der Waals surface area contributed by atoms with E-state index in [1.54, 1.807) is 0 Å². The Morgan fingerprint density at radius 3 is 2.63 bits per heavy atom. The third kappa shape index (κ3) is 4.72. The number of carbonyl (C=O) groups is 1. The first kappa shape index (κ1) is 16.9. The van der Waals surface area contributed by atoms with Crippen molar-refractivity contribution in [3.63, 3.8) is 0 Å². The molecule has 1 aromatic rings. The fraction of sp³-hybridized carbons (Fsp3) is 0.500. The van der Waals surface area contributed by atoms with Crippen molar-refractivity contribution in [1.82, 2.24) is 4.90 Å². The Bertz CT molecular complexity index is 463. The SMILES string of the molecule is CCN(CC(C)(C)CN)C(=O)c1cc(I)ccc1Br. The lowest BCUT2D eigenvalue weighted by atomic mass is 9.93. The van der Waals surface area contributed by atoms with E-state index in [9.17, 15) is 4.79 Å². The summed E-state index contributed by atoms with van der Waals surface area (Å²) in [4.78, 5) is 14.4. The zero-order valence-corrected chi connectivity index (χ0v) is 15.3. The van der Waals surface area contributed by atoms with Gasteiger partial charge in [0.1, 0.15) is 0 Å². The van der Waals surface area contributed by atoms with E-state index in [0.29, 0.717) is 25.2 Å². The number of halogens is 2. The van der Waals surface area contributed by atoms with Crippen LogP contribution in [0.3, 0.4) is 0 Å². The molecule has 0 aliphatic heterocycles. The summed E-state index contributed by atoms with van der Waals surface area (Å²) in [5, 5.41) is 0. The molecule has 0 fully saturated rings. The molecule has 0 saturated heterocycles. The number of hydrogen-bond acceptors (Lipinski definition) is 2. The first-order valence-electron chi connectivity index (χ1n) is 6.25. The molecule has 0 atom stereocenters. The van der Waals surface area contributed by atoms with Crippen LogP contribution < -0.4 is 5.73 Å². The van der Waals surface area contributed by atoms with Gasteiger partial charge in [0.2, 0.25) is 0 Å². The lowest BCUT2D eigenvalue weighted by Crippen LogP contribution is -2.42. The normalized spacial score (nSPS) is 11.5. The standard InChI is InChI=1S/C14H20BrIN2O/c1-4-18(9-14(2,3)8-17)13(19)11-7-10(16)5-6-12(11)15/h5-7H,4,8-9,17H2,1-3H3. The lowest BCUT2D eigenvalue weighted by Gasteiger charge is -2.31. The van der Waals surface area contributed by atoms with E-state index in [1.807, 2.05) is 30.0 Å². The number of benzene rings is 1. The van der Waals surface area contributed by atoms with E-state index in [1.165, 1.54) is 0 Å². The van der Waals surface area contributed by atoms with Crippen molar-refractivity contribution in [2.75, 3.05) is 19.6 Å². The highest BCUT2D eigenvalue weighted by Gasteiger charge is 2.24. The number of nitrogens with two attached hydrogens (primary N) is 1. The maximum absolute atomic E-state index is 12.6. The van der Waals surface area contributed by atoms with Gasteiger partial charge in [0, 0.05) is 21.1 Å². The van der Waals surface area contributed by atoms with E-state index in [2.05, 4.69) is 52.4 Å². The predicted molar refractivity (Wildman–Crippen MR) is 91.3 cm³/mol. The molecule has 1 aromatic carbocycles. The summed E-state index contributed by atoms with van der Waals surface area (Å²) in [6, 6.07) is 5.80. The molecule has 0 radical (unpaired) electrons. The van der Waals surface area contributed by atoms with E-state index in [4.69, 9.17) is 5.73 Å². The van der Waals surface area contributed by atoms with Crippen LogP contribution >= 0.6 is 38.5 Å². The maximum atomic E-state index is 12.6. The molecule has 0 bridgehead atoms. The molecule has 1 amide bonds. The van der Waals surface area contributed by atoms with Crippen LogP contribution in [0.25, 0.3) is 0 Å². The molecule has 1 rings (SSSR count). The molecular formula is C14H20BrIN2O. The van der Waals surface area contributed by atoms with Gasteiger partial charge in [-0.15, -0.1) is 0 Å². The second kappa shape index (κ2) is 7.04. The quantitative estimate of drug-likeness (QED) is 0.715. The number of carbonyl (C=O) groups excluding carboxylic acids is 1. The fourth-order valence-corrected chi connectivity index (χ4v) is 2.65. The van der Waals surface area contributed by atoms with Gasteiger partial charge in [-0.2, -0.15) is 0 Å². The molecule has 0 aliphatic rings. The molecule has 0 heterocycles. The molecule has 2 N–H and O–H groups in total. The molecule has 0 aliphatic carbocycles. The van der Waals surface area contributed by atoms with Gasteiger partial charge in [0.15, 0.2) is 0 Å². The van der Waals surface area contributed by atoms with Crippen LogP contribution in [0.2, 0.25) is 0 Å². The average molecular weight is 439 g/mol. The monoisotopic (exact) mass is 438 g/mol. The summed E-state index contributed by atoms with van der Waals surface area (Å²) >= 11 is 5.66. The van der Waals surface area contributed by atoms with Gasteiger partial charge < -0.3 is 10.6 Å². The fourth-order valence-electron chi connectivity index (χ4n) is 1.74. The molecular weight excluding hydrogens is 419 g/mol. The van der Waals surface area contributed by atoms with Gasteiger partial charge in [-0.3, -0.25) is 4.79 Å². The first-order valence-corrected chi connectivity index (χ1v) is 8.12. The number of hydrogen-bond donors (Lipinski definition) is 1. The largest absolute Gasteiger partial charge is 0.338 e. The van der Waals surface area contributed by atoms with Crippen LogP contribution in [0.15, 0.2) is 22.7 Å². The molecule has 0 aromatic heterocycles. The van der Waals surface area contributed by atoms with Crippen LogP contribution in [0.1, 0.15) is 31.1 Å². The molecule has 106 valence electrons. The van der Waals surface area contributed by atoms with E-state index >= 15 is 0 Å². The van der Waals surface area contributed by atoms with E-state index in [0.717, 1.165) is 8.04 Å². The molecule has 3 nitrogen and oxygen atoms in total. The maximum Gasteiger partial charge on any atom is 0.255 e. The van der Waals surface area contributed by atoms with Gasteiger partial charge in [0.05, 0.1) is 5.56 Å². The molecule has 0 unspecified atom stereocenters. The second-order valence-electron chi connectivity index (χ2n) is 5.31. The van der Waals surface area contributed by atoms with Crippen LogP contribution in [-0.4, -0.2) is 30.4 Å². The lowest BCUT2D eigenvalue weighted by molar-refractivity contribution is 0.0700. The van der Waals surface area contributed by atoms with Crippen LogP contribution in [0.4, 0.5) is 0 Å². The Kier molecular flexibility index (Phi) is 6.26. The minimum atomic E-state index is -0.0694. The van der Waals surface area contributed by atoms with Crippen molar-refractivity contribution in [3.8, 4) is 0 Å². The molecule has 5 heteroatoms.